The summed E-state index contributed by atoms with van der Waals surface area (Å²) in [6, 6.07) is 11.0. The van der Waals surface area contributed by atoms with Gasteiger partial charge in [0.2, 0.25) is 0 Å². The molecule has 20 heavy (non-hydrogen) atoms. The molecule has 0 saturated heterocycles. The molecule has 106 valence electrons. The third-order valence-corrected chi connectivity index (χ3v) is 3.39. The summed E-state index contributed by atoms with van der Waals surface area (Å²) in [6.07, 6.45) is -4.40. The summed E-state index contributed by atoms with van der Waals surface area (Å²) in [6.45, 7) is 0.269. The largest absolute Gasteiger partial charge is 0.418 e. The second-order valence-electron chi connectivity index (χ2n) is 4.17. The van der Waals surface area contributed by atoms with E-state index in [9.17, 15) is 13.2 Å². The van der Waals surface area contributed by atoms with Gasteiger partial charge in [-0.1, -0.05) is 39.7 Å². The summed E-state index contributed by atoms with van der Waals surface area (Å²) in [7, 11) is 0. The van der Waals surface area contributed by atoms with Crippen LogP contribution in [0.15, 0.2) is 46.9 Å². The van der Waals surface area contributed by atoms with Crippen LogP contribution in [0, 0.1) is 0 Å². The van der Waals surface area contributed by atoms with Crippen LogP contribution in [0.25, 0.3) is 0 Å². The maximum atomic E-state index is 12.9. The van der Waals surface area contributed by atoms with Crippen molar-refractivity contribution in [3.8, 4) is 0 Å². The summed E-state index contributed by atoms with van der Waals surface area (Å²) < 4.78 is 39.2. The van der Waals surface area contributed by atoms with E-state index in [-0.39, 0.29) is 12.2 Å². The van der Waals surface area contributed by atoms with Crippen LogP contribution in [-0.2, 0) is 12.7 Å². The van der Waals surface area contributed by atoms with Crippen molar-refractivity contribution in [1.29, 1.82) is 0 Å². The first-order valence-electron chi connectivity index (χ1n) is 5.71. The molecule has 0 bridgehead atoms. The second kappa shape index (κ2) is 6.06. The van der Waals surface area contributed by atoms with Crippen LogP contribution < -0.4 is 5.32 Å². The monoisotopic (exact) mass is 363 g/mol. The van der Waals surface area contributed by atoms with Crippen molar-refractivity contribution >= 4 is 33.2 Å². The zero-order valence-corrected chi connectivity index (χ0v) is 12.5. The molecule has 0 heterocycles. The highest BCUT2D eigenvalue weighted by Gasteiger charge is 2.33. The number of hydrogen-bond donors (Lipinski definition) is 1. The number of rotatable bonds is 3. The Morgan fingerprint density at radius 1 is 1.10 bits per heavy atom. The Hall–Kier alpha value is -1.20. The smallest absolute Gasteiger partial charge is 0.380 e. The molecule has 1 N–H and O–H groups in total. The molecule has 6 heteroatoms. The molecule has 0 radical (unpaired) electrons. The van der Waals surface area contributed by atoms with Crippen LogP contribution >= 0.6 is 27.5 Å². The van der Waals surface area contributed by atoms with Crippen LogP contribution in [0.4, 0.5) is 18.9 Å². The van der Waals surface area contributed by atoms with Gasteiger partial charge in [0.1, 0.15) is 0 Å². The Morgan fingerprint density at radius 3 is 2.50 bits per heavy atom. The molecule has 0 aliphatic rings. The quantitative estimate of drug-likeness (QED) is 0.733. The number of alkyl halides is 3. The number of anilines is 1. The van der Waals surface area contributed by atoms with Crippen LogP contribution in [-0.4, -0.2) is 0 Å². The van der Waals surface area contributed by atoms with Gasteiger partial charge in [-0.25, -0.2) is 0 Å². The predicted octanol–water partition coefficient (Wildman–Crippen LogP) is 5.73. The van der Waals surface area contributed by atoms with Crippen molar-refractivity contribution in [2.75, 3.05) is 5.32 Å². The zero-order chi connectivity index (χ0) is 14.8. The van der Waals surface area contributed by atoms with Crippen LogP contribution in [0.1, 0.15) is 11.1 Å². The molecule has 0 atom stereocenters. The average molecular weight is 365 g/mol. The lowest BCUT2D eigenvalue weighted by molar-refractivity contribution is -0.137. The number of nitrogens with one attached hydrogen (secondary N) is 1. The Kier molecular flexibility index (Phi) is 4.60. The van der Waals surface area contributed by atoms with Crippen molar-refractivity contribution in [1.82, 2.24) is 0 Å². The lowest BCUT2D eigenvalue weighted by atomic mass is 10.1. The van der Waals surface area contributed by atoms with E-state index in [1.165, 1.54) is 6.07 Å². The van der Waals surface area contributed by atoms with Crippen LogP contribution in [0.2, 0.25) is 5.02 Å². The van der Waals surface area contributed by atoms with Gasteiger partial charge >= 0.3 is 6.18 Å². The first kappa shape index (κ1) is 15.2. The maximum Gasteiger partial charge on any atom is 0.418 e. The first-order valence-corrected chi connectivity index (χ1v) is 6.88. The SMILES string of the molecule is FC(F)(F)c1cc(Br)ccc1NCc1cccc(Cl)c1. The van der Waals surface area contributed by atoms with E-state index in [4.69, 9.17) is 11.6 Å². The summed E-state index contributed by atoms with van der Waals surface area (Å²) in [5, 5.41) is 3.34. The third kappa shape index (κ3) is 3.90. The van der Waals surface area contributed by atoms with E-state index < -0.39 is 11.7 Å². The van der Waals surface area contributed by atoms with Gasteiger partial charge in [-0.2, -0.15) is 13.2 Å². The molecule has 0 spiro atoms. The lowest BCUT2D eigenvalue weighted by Crippen LogP contribution is -2.10. The highest BCUT2D eigenvalue weighted by molar-refractivity contribution is 9.10. The molecule has 2 aromatic rings. The fourth-order valence-corrected chi connectivity index (χ4v) is 2.32. The summed E-state index contributed by atoms with van der Waals surface area (Å²) in [5.41, 5.74) is 0.156. The molecular weight excluding hydrogens is 355 g/mol. The molecule has 0 unspecified atom stereocenters. The maximum absolute atomic E-state index is 12.9. The topological polar surface area (TPSA) is 12.0 Å². The average Bonchev–Trinajstić information content (AvgIpc) is 2.36. The second-order valence-corrected chi connectivity index (χ2v) is 5.52. The molecule has 2 rings (SSSR count). The van der Waals surface area contributed by atoms with E-state index in [1.54, 1.807) is 30.3 Å². The van der Waals surface area contributed by atoms with Crippen molar-refractivity contribution < 1.29 is 13.2 Å². The van der Waals surface area contributed by atoms with Crippen molar-refractivity contribution in [3.63, 3.8) is 0 Å². The Bertz CT molecular complexity index is 614. The van der Waals surface area contributed by atoms with Gasteiger partial charge < -0.3 is 5.32 Å². The predicted molar refractivity (Wildman–Crippen MR) is 77.9 cm³/mol. The Morgan fingerprint density at radius 2 is 1.85 bits per heavy atom. The fraction of sp³-hybridized carbons (Fsp3) is 0.143. The van der Waals surface area contributed by atoms with Crippen molar-refractivity contribution in [2.45, 2.75) is 12.7 Å². The van der Waals surface area contributed by atoms with E-state index in [1.807, 2.05) is 0 Å². The lowest BCUT2D eigenvalue weighted by Gasteiger charge is -2.15. The number of hydrogen-bond acceptors (Lipinski definition) is 1. The molecular formula is C14H10BrClF3N. The van der Waals surface area contributed by atoms with E-state index in [0.717, 1.165) is 11.6 Å². The molecule has 0 aliphatic carbocycles. The summed E-state index contributed by atoms with van der Waals surface area (Å²) in [5.74, 6) is 0. The van der Waals surface area contributed by atoms with Gasteiger partial charge in [-0.15, -0.1) is 0 Å². The standard InChI is InChI=1S/C14H10BrClF3N/c15-10-4-5-13(12(7-10)14(17,18)19)20-8-9-2-1-3-11(16)6-9/h1-7,20H,8H2. The highest BCUT2D eigenvalue weighted by Crippen LogP contribution is 2.36. The molecule has 0 aromatic heterocycles. The minimum Gasteiger partial charge on any atom is -0.380 e. The summed E-state index contributed by atoms with van der Waals surface area (Å²) >= 11 is 8.89. The third-order valence-electron chi connectivity index (χ3n) is 2.66. The Labute approximate surface area is 127 Å². The van der Waals surface area contributed by atoms with Gasteiger partial charge in [-0.05, 0) is 35.9 Å². The van der Waals surface area contributed by atoms with Crippen molar-refractivity contribution in [2.24, 2.45) is 0 Å². The minimum absolute atomic E-state index is 0.0423. The molecule has 0 saturated carbocycles. The van der Waals surface area contributed by atoms with Gasteiger partial charge in [0.15, 0.2) is 0 Å². The van der Waals surface area contributed by atoms with Gasteiger partial charge in [0.25, 0.3) is 0 Å². The van der Waals surface area contributed by atoms with Gasteiger partial charge in [-0.3, -0.25) is 0 Å². The van der Waals surface area contributed by atoms with Crippen LogP contribution in [0.3, 0.4) is 0 Å². The van der Waals surface area contributed by atoms with E-state index >= 15 is 0 Å². The minimum atomic E-state index is -4.40. The van der Waals surface area contributed by atoms with Crippen LogP contribution in [0.5, 0.6) is 0 Å². The van der Waals surface area contributed by atoms with E-state index in [0.29, 0.717) is 9.50 Å². The number of benzene rings is 2. The van der Waals surface area contributed by atoms with Gasteiger partial charge in [0, 0.05) is 21.7 Å². The molecule has 0 fully saturated rings. The zero-order valence-electron chi connectivity index (χ0n) is 10.1. The normalized spacial score (nSPS) is 11.4. The highest BCUT2D eigenvalue weighted by atomic mass is 79.9. The molecule has 0 aliphatic heterocycles. The van der Waals surface area contributed by atoms with Crippen molar-refractivity contribution in [3.05, 3.63) is 63.1 Å². The van der Waals surface area contributed by atoms with Gasteiger partial charge in [0.05, 0.1) is 5.56 Å². The molecule has 1 nitrogen and oxygen atoms in total. The first-order chi connectivity index (χ1) is 9.36. The summed E-state index contributed by atoms with van der Waals surface area (Å²) in [4.78, 5) is 0. The van der Waals surface area contributed by atoms with E-state index in [2.05, 4.69) is 21.2 Å². The molecule has 0 amide bonds. The molecule has 2 aromatic carbocycles. The fourth-order valence-electron chi connectivity index (χ4n) is 1.75. The number of halogens is 5. The Balaban J connectivity index is 2.21.